The maximum absolute atomic E-state index is 12.4. The van der Waals surface area contributed by atoms with Crippen LogP contribution < -0.4 is 9.47 Å². The number of esters is 1. The zero-order valence-corrected chi connectivity index (χ0v) is 19.2. The topological polar surface area (TPSA) is 92.7 Å². The lowest BCUT2D eigenvalue weighted by molar-refractivity contribution is 0.0730. The minimum Gasteiger partial charge on any atom is -0.744 e. The van der Waals surface area contributed by atoms with Crippen LogP contribution in [0.15, 0.2) is 35.2 Å². The van der Waals surface area contributed by atoms with Gasteiger partial charge >= 0.3 is 5.97 Å². The molecular weight excluding hydrogens is 677 g/mol. The van der Waals surface area contributed by atoms with Crippen LogP contribution in [0.5, 0.6) is 11.5 Å². The number of halogens is 3. The molecule has 6 nitrogen and oxygen atoms in total. The van der Waals surface area contributed by atoms with Crippen molar-refractivity contribution in [1.29, 1.82) is 0 Å². The second kappa shape index (κ2) is 8.01. The van der Waals surface area contributed by atoms with Gasteiger partial charge in [0.2, 0.25) is 0 Å². The molecule has 0 radical (unpaired) electrons. The summed E-state index contributed by atoms with van der Waals surface area (Å²) in [6, 6.07) is 8.10. The van der Waals surface area contributed by atoms with E-state index in [9.17, 15) is 17.8 Å². The third-order valence-corrected chi connectivity index (χ3v) is 7.08. The highest BCUT2D eigenvalue weighted by Crippen LogP contribution is 2.35. The Kier molecular flexibility index (Phi) is 6.72. The lowest BCUT2D eigenvalue weighted by Gasteiger charge is -2.17. The lowest BCUT2D eigenvalue weighted by Crippen LogP contribution is -2.14. The third-order valence-electron chi connectivity index (χ3n) is 2.83. The van der Waals surface area contributed by atoms with Crippen LogP contribution in [0.25, 0.3) is 0 Å². The molecule has 0 aliphatic rings. The number of methoxy groups -OCH3 is 1. The zero-order valence-electron chi connectivity index (χ0n) is 11.9. The molecule has 2 aromatic carbocycles. The average Bonchev–Trinajstić information content (AvgIpc) is 2.47. The van der Waals surface area contributed by atoms with Crippen molar-refractivity contribution in [2.24, 2.45) is 0 Å². The van der Waals surface area contributed by atoms with E-state index >= 15 is 0 Å². The van der Waals surface area contributed by atoms with Crippen LogP contribution in [-0.4, -0.2) is 26.0 Å². The number of ether oxygens (including phenoxy) is 2. The Morgan fingerprint density at radius 1 is 1.12 bits per heavy atom. The second-order valence-electron chi connectivity index (χ2n) is 4.38. The predicted octanol–water partition coefficient (Wildman–Crippen LogP) is 3.63. The number of carbonyl (C=O) groups is 1. The minimum absolute atomic E-state index is 0.0130. The van der Waals surface area contributed by atoms with Gasteiger partial charge in [-0.25, -0.2) is 13.2 Å². The van der Waals surface area contributed by atoms with Crippen molar-refractivity contribution in [3.05, 3.63) is 46.6 Å². The van der Waals surface area contributed by atoms with Gasteiger partial charge in [0.1, 0.15) is 27.2 Å². The lowest BCUT2D eigenvalue weighted by atomic mass is 10.2. The fourth-order valence-corrected chi connectivity index (χ4v) is 6.32. The van der Waals surface area contributed by atoms with E-state index in [1.807, 2.05) is 0 Å². The van der Waals surface area contributed by atoms with Gasteiger partial charge in [0.15, 0.2) is 0 Å². The quantitative estimate of drug-likeness (QED) is 0.212. The van der Waals surface area contributed by atoms with Gasteiger partial charge in [0.25, 0.3) is 0 Å². The standard InChI is InChI=1S/C14H9I3O6S/c1-22-12-9(6-10(16)13(11(12)17)24(19,20)21)14(18)23-8-4-2-7(15)3-5-8/h2-6H,1H3,(H,19,20,21)/p-1. The Hall–Kier alpha value is -0.190. The highest BCUT2D eigenvalue weighted by Gasteiger charge is 2.24. The molecule has 0 aromatic heterocycles. The first-order valence-electron chi connectivity index (χ1n) is 6.14. The van der Waals surface area contributed by atoms with Crippen LogP contribution in [-0.2, 0) is 10.1 Å². The first-order chi connectivity index (χ1) is 11.1. The van der Waals surface area contributed by atoms with Gasteiger partial charge in [-0.3, -0.25) is 0 Å². The molecule has 24 heavy (non-hydrogen) atoms. The molecule has 0 atom stereocenters. The fraction of sp³-hybridized carbons (Fsp3) is 0.0714. The van der Waals surface area contributed by atoms with Crippen LogP contribution >= 0.6 is 67.8 Å². The van der Waals surface area contributed by atoms with Crippen molar-refractivity contribution in [2.45, 2.75) is 4.90 Å². The predicted molar refractivity (Wildman–Crippen MR) is 111 cm³/mol. The summed E-state index contributed by atoms with van der Waals surface area (Å²) in [6.07, 6.45) is 0. The van der Waals surface area contributed by atoms with E-state index < -0.39 is 21.0 Å². The van der Waals surface area contributed by atoms with Crippen molar-refractivity contribution in [3.8, 4) is 11.5 Å². The number of rotatable bonds is 4. The minimum atomic E-state index is -4.70. The van der Waals surface area contributed by atoms with Crippen molar-refractivity contribution < 1.29 is 27.2 Å². The molecule has 2 aromatic rings. The molecule has 0 heterocycles. The molecule has 0 spiro atoms. The SMILES string of the molecule is COc1c(C(=O)Oc2ccc(I)cc2)cc(I)c(S(=O)(=O)[O-])c1I. The summed E-state index contributed by atoms with van der Waals surface area (Å²) in [5.74, 6) is -0.382. The van der Waals surface area contributed by atoms with E-state index in [0.717, 1.165) is 3.57 Å². The van der Waals surface area contributed by atoms with Gasteiger partial charge < -0.3 is 14.0 Å². The molecule has 0 aliphatic carbocycles. The second-order valence-corrected chi connectivity index (χ2v) is 9.18. The number of hydrogen-bond donors (Lipinski definition) is 0. The van der Waals surface area contributed by atoms with Gasteiger partial charge in [-0.2, -0.15) is 0 Å². The highest BCUT2D eigenvalue weighted by molar-refractivity contribution is 14.1. The van der Waals surface area contributed by atoms with Crippen LogP contribution in [0.4, 0.5) is 0 Å². The van der Waals surface area contributed by atoms with Crippen LogP contribution in [0.1, 0.15) is 10.4 Å². The summed E-state index contributed by atoms with van der Waals surface area (Å²) in [5, 5.41) is 0. The normalized spacial score (nSPS) is 11.2. The molecule has 0 aliphatic heterocycles. The zero-order chi connectivity index (χ0) is 18.1. The van der Waals surface area contributed by atoms with Gasteiger partial charge in [-0.1, -0.05) is 0 Å². The molecule has 0 bridgehead atoms. The number of benzene rings is 2. The first-order valence-corrected chi connectivity index (χ1v) is 10.8. The van der Waals surface area contributed by atoms with Gasteiger partial charge in [-0.15, -0.1) is 0 Å². The molecular formula is C14H8I3O6S-. The van der Waals surface area contributed by atoms with Crippen molar-refractivity contribution >= 4 is 83.9 Å². The number of hydrogen-bond acceptors (Lipinski definition) is 6. The molecule has 2 rings (SSSR count). The largest absolute Gasteiger partial charge is 0.744 e. The van der Waals surface area contributed by atoms with E-state index in [4.69, 9.17) is 9.47 Å². The van der Waals surface area contributed by atoms with E-state index in [-0.39, 0.29) is 18.5 Å². The van der Waals surface area contributed by atoms with Crippen LogP contribution in [0, 0.1) is 10.7 Å². The maximum atomic E-state index is 12.4. The van der Waals surface area contributed by atoms with Gasteiger partial charge in [0.05, 0.1) is 15.6 Å². The van der Waals surface area contributed by atoms with E-state index in [1.165, 1.54) is 13.2 Å². The van der Waals surface area contributed by atoms with E-state index in [1.54, 1.807) is 69.4 Å². The Bertz CT molecular complexity index is 894. The van der Waals surface area contributed by atoms with Gasteiger partial charge in [0, 0.05) is 7.14 Å². The Balaban J connectivity index is 2.50. The van der Waals surface area contributed by atoms with E-state index in [0.29, 0.717) is 5.75 Å². The molecule has 0 saturated carbocycles. The van der Waals surface area contributed by atoms with Gasteiger partial charge in [-0.05, 0) is 98.1 Å². The first kappa shape index (κ1) is 20.1. The highest BCUT2D eigenvalue weighted by atomic mass is 127. The molecule has 0 saturated heterocycles. The summed E-state index contributed by atoms with van der Waals surface area (Å²) in [7, 11) is -3.42. The fourth-order valence-electron chi connectivity index (χ4n) is 1.83. The van der Waals surface area contributed by atoms with Crippen LogP contribution in [0.2, 0.25) is 0 Å². The molecule has 0 N–H and O–H groups in total. The van der Waals surface area contributed by atoms with Crippen molar-refractivity contribution in [2.75, 3.05) is 7.11 Å². The Morgan fingerprint density at radius 2 is 1.71 bits per heavy atom. The Labute approximate surface area is 179 Å². The molecule has 0 fully saturated rings. The molecule has 0 amide bonds. The summed E-state index contributed by atoms with van der Waals surface area (Å²) in [6.45, 7) is 0. The molecule has 128 valence electrons. The summed E-state index contributed by atoms with van der Waals surface area (Å²) in [5.41, 5.74) is 0.0391. The summed E-state index contributed by atoms with van der Waals surface area (Å²) >= 11 is 5.48. The van der Waals surface area contributed by atoms with Crippen LogP contribution in [0.3, 0.4) is 0 Å². The summed E-state index contributed by atoms with van der Waals surface area (Å²) in [4.78, 5) is 12.0. The monoisotopic (exact) mass is 685 g/mol. The molecule has 0 unspecified atom stereocenters. The number of carbonyl (C=O) groups excluding carboxylic acids is 1. The maximum Gasteiger partial charge on any atom is 0.347 e. The van der Waals surface area contributed by atoms with Crippen molar-refractivity contribution in [3.63, 3.8) is 0 Å². The third kappa shape index (κ3) is 4.50. The smallest absolute Gasteiger partial charge is 0.347 e. The van der Waals surface area contributed by atoms with E-state index in [2.05, 4.69) is 22.6 Å². The Morgan fingerprint density at radius 3 is 2.21 bits per heavy atom. The van der Waals surface area contributed by atoms with Crippen molar-refractivity contribution in [1.82, 2.24) is 0 Å². The summed E-state index contributed by atoms with van der Waals surface area (Å²) < 4.78 is 45.8. The molecule has 10 heteroatoms. The average molecular weight is 685 g/mol.